The van der Waals surface area contributed by atoms with Gasteiger partial charge in [0.2, 0.25) is 0 Å². The molecule has 0 amide bonds. The van der Waals surface area contributed by atoms with E-state index in [0.717, 1.165) is 5.56 Å². The lowest BCUT2D eigenvalue weighted by molar-refractivity contribution is 0.434. The Bertz CT molecular complexity index is 312. The molecule has 3 nitrogen and oxygen atoms in total. The monoisotopic (exact) mass is 211 g/mol. The summed E-state index contributed by atoms with van der Waals surface area (Å²) in [4.78, 5) is 0. The van der Waals surface area contributed by atoms with E-state index in [2.05, 4.69) is 10.7 Å². The molecule has 0 atom stereocenters. The summed E-state index contributed by atoms with van der Waals surface area (Å²) in [5.41, 5.74) is 2.97. The highest BCUT2D eigenvalue weighted by Crippen LogP contribution is 2.24. The van der Waals surface area contributed by atoms with Gasteiger partial charge in [-0.2, -0.15) is 0 Å². The SMILES string of the molecule is CC(C)(CNCNN)c1ccccc1F. The van der Waals surface area contributed by atoms with Crippen LogP contribution >= 0.6 is 0 Å². The van der Waals surface area contributed by atoms with Crippen LogP contribution in [-0.4, -0.2) is 13.2 Å². The maximum absolute atomic E-state index is 13.5. The third kappa shape index (κ3) is 3.27. The Balaban J connectivity index is 2.72. The van der Waals surface area contributed by atoms with E-state index < -0.39 is 0 Å². The summed E-state index contributed by atoms with van der Waals surface area (Å²) in [6.07, 6.45) is 0. The molecule has 4 heteroatoms. The molecule has 0 aromatic heterocycles. The molecule has 0 saturated carbocycles. The first kappa shape index (κ1) is 12.1. The fraction of sp³-hybridized carbons (Fsp3) is 0.455. The molecule has 0 saturated heterocycles. The molecule has 1 rings (SSSR count). The molecule has 0 aliphatic carbocycles. The number of nitrogens with one attached hydrogen (secondary N) is 2. The van der Waals surface area contributed by atoms with Crippen molar-refractivity contribution in [3.05, 3.63) is 35.6 Å². The highest BCUT2D eigenvalue weighted by Gasteiger charge is 2.22. The van der Waals surface area contributed by atoms with E-state index in [4.69, 9.17) is 5.84 Å². The third-order valence-electron chi connectivity index (χ3n) is 2.40. The largest absolute Gasteiger partial charge is 0.303 e. The van der Waals surface area contributed by atoms with Crippen molar-refractivity contribution in [3.63, 3.8) is 0 Å². The van der Waals surface area contributed by atoms with Crippen LogP contribution in [0.15, 0.2) is 24.3 Å². The minimum Gasteiger partial charge on any atom is -0.303 e. The van der Waals surface area contributed by atoms with Crippen molar-refractivity contribution in [1.29, 1.82) is 0 Å². The molecule has 1 aromatic rings. The van der Waals surface area contributed by atoms with Gasteiger partial charge in [0.15, 0.2) is 0 Å². The van der Waals surface area contributed by atoms with Gasteiger partial charge in [-0.15, -0.1) is 0 Å². The fourth-order valence-corrected chi connectivity index (χ4v) is 1.55. The second kappa shape index (κ2) is 5.21. The number of hydrogen-bond donors (Lipinski definition) is 3. The second-order valence-electron chi connectivity index (χ2n) is 4.17. The average molecular weight is 211 g/mol. The Morgan fingerprint density at radius 3 is 2.60 bits per heavy atom. The van der Waals surface area contributed by atoms with Crippen LogP contribution in [0.4, 0.5) is 4.39 Å². The molecule has 0 bridgehead atoms. The van der Waals surface area contributed by atoms with Gasteiger partial charge in [0.25, 0.3) is 0 Å². The van der Waals surface area contributed by atoms with Crippen molar-refractivity contribution < 1.29 is 4.39 Å². The molecular formula is C11H18FN3. The minimum absolute atomic E-state index is 0.162. The second-order valence-corrected chi connectivity index (χ2v) is 4.17. The molecule has 1 aromatic carbocycles. The first-order valence-electron chi connectivity index (χ1n) is 4.97. The van der Waals surface area contributed by atoms with Crippen LogP contribution in [-0.2, 0) is 5.41 Å². The summed E-state index contributed by atoms with van der Waals surface area (Å²) in [6, 6.07) is 6.84. The Kier molecular flexibility index (Phi) is 4.20. The summed E-state index contributed by atoms with van der Waals surface area (Å²) in [6.45, 7) is 5.17. The van der Waals surface area contributed by atoms with Crippen molar-refractivity contribution in [1.82, 2.24) is 10.7 Å². The summed E-state index contributed by atoms with van der Waals surface area (Å²) in [5, 5.41) is 3.10. The van der Waals surface area contributed by atoms with E-state index in [-0.39, 0.29) is 11.2 Å². The molecule has 0 heterocycles. The summed E-state index contributed by atoms with van der Waals surface area (Å²) in [5.74, 6) is 4.98. The molecule has 4 N–H and O–H groups in total. The Hall–Kier alpha value is -0.970. The van der Waals surface area contributed by atoms with E-state index in [1.807, 2.05) is 26.0 Å². The summed E-state index contributed by atoms with van der Waals surface area (Å²) < 4.78 is 13.5. The molecule has 0 spiro atoms. The van der Waals surface area contributed by atoms with E-state index in [1.54, 1.807) is 6.07 Å². The maximum atomic E-state index is 13.5. The first-order chi connectivity index (χ1) is 7.08. The van der Waals surface area contributed by atoms with Crippen molar-refractivity contribution in [2.45, 2.75) is 19.3 Å². The van der Waals surface area contributed by atoms with Gasteiger partial charge in [-0.25, -0.2) is 9.82 Å². The zero-order chi connectivity index (χ0) is 11.3. The average Bonchev–Trinajstić information content (AvgIpc) is 2.18. The molecule has 0 fully saturated rings. The number of halogens is 1. The van der Waals surface area contributed by atoms with Gasteiger partial charge in [0.1, 0.15) is 5.82 Å². The van der Waals surface area contributed by atoms with Gasteiger partial charge in [0, 0.05) is 12.0 Å². The van der Waals surface area contributed by atoms with Crippen LogP contribution in [0.1, 0.15) is 19.4 Å². The van der Waals surface area contributed by atoms with Crippen molar-refractivity contribution in [2.75, 3.05) is 13.2 Å². The lowest BCUT2D eigenvalue weighted by Gasteiger charge is -2.26. The van der Waals surface area contributed by atoms with Gasteiger partial charge < -0.3 is 5.32 Å². The van der Waals surface area contributed by atoms with Crippen LogP contribution < -0.4 is 16.6 Å². The van der Waals surface area contributed by atoms with Gasteiger partial charge in [-0.05, 0) is 11.6 Å². The third-order valence-corrected chi connectivity index (χ3v) is 2.40. The number of nitrogens with two attached hydrogens (primary N) is 1. The predicted molar refractivity (Wildman–Crippen MR) is 59.6 cm³/mol. The fourth-order valence-electron chi connectivity index (χ4n) is 1.55. The van der Waals surface area contributed by atoms with E-state index in [9.17, 15) is 4.39 Å². The zero-order valence-corrected chi connectivity index (χ0v) is 9.18. The van der Waals surface area contributed by atoms with Crippen molar-refractivity contribution >= 4 is 0 Å². The molecular weight excluding hydrogens is 193 g/mol. The minimum atomic E-state index is -0.248. The van der Waals surface area contributed by atoms with Gasteiger partial charge >= 0.3 is 0 Å². The Morgan fingerprint density at radius 1 is 1.33 bits per heavy atom. The summed E-state index contributed by atoms with van der Waals surface area (Å²) >= 11 is 0. The van der Waals surface area contributed by atoms with Crippen LogP contribution in [0, 0.1) is 5.82 Å². The van der Waals surface area contributed by atoms with Crippen LogP contribution in [0.2, 0.25) is 0 Å². The predicted octanol–water partition coefficient (Wildman–Crippen LogP) is 1.11. The number of hydrogen-bond acceptors (Lipinski definition) is 3. The highest BCUT2D eigenvalue weighted by atomic mass is 19.1. The van der Waals surface area contributed by atoms with Crippen LogP contribution in [0.5, 0.6) is 0 Å². The van der Waals surface area contributed by atoms with E-state index in [1.165, 1.54) is 6.07 Å². The molecule has 0 unspecified atom stereocenters. The highest BCUT2D eigenvalue weighted by molar-refractivity contribution is 5.25. The summed E-state index contributed by atoms with van der Waals surface area (Å²) in [7, 11) is 0. The van der Waals surface area contributed by atoms with Crippen LogP contribution in [0.3, 0.4) is 0 Å². The maximum Gasteiger partial charge on any atom is 0.126 e. The molecule has 84 valence electrons. The first-order valence-corrected chi connectivity index (χ1v) is 4.97. The Morgan fingerprint density at radius 2 is 2.00 bits per heavy atom. The molecule has 15 heavy (non-hydrogen) atoms. The number of benzene rings is 1. The smallest absolute Gasteiger partial charge is 0.126 e. The van der Waals surface area contributed by atoms with Gasteiger partial charge in [0.05, 0.1) is 6.67 Å². The number of hydrazine groups is 1. The molecule has 0 radical (unpaired) electrons. The molecule has 0 aliphatic rings. The number of rotatable bonds is 5. The topological polar surface area (TPSA) is 50.1 Å². The lowest BCUT2D eigenvalue weighted by atomic mass is 9.84. The van der Waals surface area contributed by atoms with Crippen molar-refractivity contribution in [2.24, 2.45) is 5.84 Å². The van der Waals surface area contributed by atoms with E-state index in [0.29, 0.717) is 13.2 Å². The quantitative estimate of drug-likeness (QED) is 0.296. The standard InChI is InChI=1S/C11H18FN3/c1-11(2,7-14-8-15-13)9-5-3-4-6-10(9)12/h3-6,14-15H,7-8,13H2,1-2H3. The van der Waals surface area contributed by atoms with Crippen molar-refractivity contribution in [3.8, 4) is 0 Å². The van der Waals surface area contributed by atoms with Gasteiger partial charge in [-0.1, -0.05) is 32.0 Å². The Labute approximate surface area is 89.8 Å². The zero-order valence-electron chi connectivity index (χ0n) is 9.18. The van der Waals surface area contributed by atoms with E-state index >= 15 is 0 Å². The normalized spacial score (nSPS) is 11.7. The molecule has 0 aliphatic heterocycles. The lowest BCUT2D eigenvalue weighted by Crippen LogP contribution is -2.40. The van der Waals surface area contributed by atoms with Gasteiger partial charge in [-0.3, -0.25) is 5.84 Å². The van der Waals surface area contributed by atoms with Crippen LogP contribution in [0.25, 0.3) is 0 Å².